The molecule has 0 unspecified atom stereocenters. The maximum atomic E-state index is 13.1. The lowest BCUT2D eigenvalue weighted by molar-refractivity contribution is 0.0781. The molecule has 78 valence electrons. The summed E-state index contributed by atoms with van der Waals surface area (Å²) < 4.78 is 18.2. The standard InChI is InChI=1S/C11H15FO2/c1-4-14-10-7-8(11(2,3)13)5-6-9(10)12/h5-7,13H,4H2,1-3H3. The lowest BCUT2D eigenvalue weighted by Crippen LogP contribution is -2.15. The first kappa shape index (κ1) is 11.0. The first-order valence-electron chi connectivity index (χ1n) is 4.60. The van der Waals surface area contributed by atoms with Crippen LogP contribution in [0.15, 0.2) is 18.2 Å². The van der Waals surface area contributed by atoms with Crippen molar-refractivity contribution in [3.63, 3.8) is 0 Å². The van der Waals surface area contributed by atoms with Crippen molar-refractivity contribution in [3.8, 4) is 5.75 Å². The van der Waals surface area contributed by atoms with E-state index in [2.05, 4.69) is 0 Å². The van der Waals surface area contributed by atoms with Crippen LogP contribution in [0, 0.1) is 5.82 Å². The van der Waals surface area contributed by atoms with Crippen LogP contribution in [-0.2, 0) is 5.60 Å². The van der Waals surface area contributed by atoms with Crippen molar-refractivity contribution in [2.75, 3.05) is 6.61 Å². The molecule has 0 aliphatic carbocycles. The monoisotopic (exact) mass is 198 g/mol. The van der Waals surface area contributed by atoms with Gasteiger partial charge in [-0.1, -0.05) is 6.07 Å². The summed E-state index contributed by atoms with van der Waals surface area (Å²) in [4.78, 5) is 0. The van der Waals surface area contributed by atoms with Crippen molar-refractivity contribution in [1.29, 1.82) is 0 Å². The minimum absolute atomic E-state index is 0.187. The van der Waals surface area contributed by atoms with E-state index in [1.165, 1.54) is 12.1 Å². The summed E-state index contributed by atoms with van der Waals surface area (Å²) in [6.45, 7) is 5.49. The molecule has 2 nitrogen and oxygen atoms in total. The molecular weight excluding hydrogens is 183 g/mol. The smallest absolute Gasteiger partial charge is 0.165 e. The lowest BCUT2D eigenvalue weighted by Gasteiger charge is -2.18. The summed E-state index contributed by atoms with van der Waals surface area (Å²) in [5, 5.41) is 9.69. The van der Waals surface area contributed by atoms with Crippen LogP contribution < -0.4 is 4.74 Å². The molecule has 1 N–H and O–H groups in total. The van der Waals surface area contributed by atoms with E-state index in [0.717, 1.165) is 0 Å². The minimum Gasteiger partial charge on any atom is -0.491 e. The zero-order valence-corrected chi connectivity index (χ0v) is 8.67. The third kappa shape index (κ3) is 2.45. The van der Waals surface area contributed by atoms with Gasteiger partial charge in [-0.15, -0.1) is 0 Å². The molecule has 0 aromatic heterocycles. The van der Waals surface area contributed by atoms with Gasteiger partial charge in [-0.05, 0) is 38.5 Å². The van der Waals surface area contributed by atoms with Crippen LogP contribution in [0.25, 0.3) is 0 Å². The van der Waals surface area contributed by atoms with Crippen molar-refractivity contribution in [2.24, 2.45) is 0 Å². The molecule has 1 rings (SSSR count). The highest BCUT2D eigenvalue weighted by Gasteiger charge is 2.17. The van der Waals surface area contributed by atoms with Gasteiger partial charge in [-0.25, -0.2) is 4.39 Å². The van der Waals surface area contributed by atoms with Crippen molar-refractivity contribution in [2.45, 2.75) is 26.4 Å². The molecule has 0 heterocycles. The van der Waals surface area contributed by atoms with Gasteiger partial charge in [0.15, 0.2) is 11.6 Å². The van der Waals surface area contributed by atoms with Gasteiger partial charge in [0, 0.05) is 0 Å². The van der Waals surface area contributed by atoms with Gasteiger partial charge >= 0.3 is 0 Å². The summed E-state index contributed by atoms with van der Waals surface area (Å²) in [6.07, 6.45) is 0. The van der Waals surface area contributed by atoms with Crippen molar-refractivity contribution in [3.05, 3.63) is 29.6 Å². The number of aliphatic hydroxyl groups is 1. The molecule has 1 aromatic carbocycles. The Balaban J connectivity index is 3.06. The predicted molar refractivity (Wildman–Crippen MR) is 52.8 cm³/mol. The third-order valence-electron chi connectivity index (χ3n) is 1.94. The largest absolute Gasteiger partial charge is 0.491 e. The van der Waals surface area contributed by atoms with E-state index in [1.807, 2.05) is 0 Å². The van der Waals surface area contributed by atoms with E-state index in [-0.39, 0.29) is 5.75 Å². The molecule has 0 amide bonds. The average molecular weight is 198 g/mol. The van der Waals surface area contributed by atoms with Crippen LogP contribution in [0.4, 0.5) is 4.39 Å². The summed E-state index contributed by atoms with van der Waals surface area (Å²) in [5.41, 5.74) is -0.332. The molecule has 0 saturated carbocycles. The van der Waals surface area contributed by atoms with E-state index in [1.54, 1.807) is 26.8 Å². The van der Waals surface area contributed by atoms with Gasteiger partial charge in [-0.3, -0.25) is 0 Å². The maximum Gasteiger partial charge on any atom is 0.165 e. The summed E-state index contributed by atoms with van der Waals surface area (Å²) >= 11 is 0. The number of hydrogen-bond acceptors (Lipinski definition) is 2. The normalized spacial score (nSPS) is 11.5. The molecule has 0 fully saturated rings. The number of benzene rings is 1. The van der Waals surface area contributed by atoms with Gasteiger partial charge in [0.05, 0.1) is 12.2 Å². The summed E-state index contributed by atoms with van der Waals surface area (Å²) in [7, 11) is 0. The Labute approximate surface area is 83.3 Å². The quantitative estimate of drug-likeness (QED) is 0.808. The summed E-state index contributed by atoms with van der Waals surface area (Å²) in [6, 6.07) is 4.38. The van der Waals surface area contributed by atoms with Gasteiger partial charge in [0.25, 0.3) is 0 Å². The summed E-state index contributed by atoms with van der Waals surface area (Å²) in [5.74, 6) is -0.216. The molecule has 0 bridgehead atoms. The first-order chi connectivity index (χ1) is 6.45. The highest BCUT2D eigenvalue weighted by atomic mass is 19.1. The fourth-order valence-corrected chi connectivity index (χ4v) is 1.15. The zero-order valence-electron chi connectivity index (χ0n) is 8.67. The van der Waals surface area contributed by atoms with Crippen LogP contribution in [0.1, 0.15) is 26.3 Å². The molecule has 1 aromatic rings. The minimum atomic E-state index is -0.973. The van der Waals surface area contributed by atoms with Crippen LogP contribution >= 0.6 is 0 Å². The number of hydrogen-bond donors (Lipinski definition) is 1. The Morgan fingerprint density at radius 2 is 2.07 bits per heavy atom. The number of halogens is 1. The Morgan fingerprint density at radius 3 is 2.57 bits per heavy atom. The predicted octanol–water partition coefficient (Wildman–Crippen LogP) is 2.45. The van der Waals surface area contributed by atoms with Crippen molar-refractivity contribution < 1.29 is 14.2 Å². The molecule has 3 heteroatoms. The third-order valence-corrected chi connectivity index (χ3v) is 1.94. The number of ether oxygens (including phenoxy) is 1. The van der Waals surface area contributed by atoms with E-state index < -0.39 is 11.4 Å². The van der Waals surface area contributed by atoms with Crippen molar-refractivity contribution >= 4 is 0 Å². The van der Waals surface area contributed by atoms with Gasteiger partial charge in [-0.2, -0.15) is 0 Å². The second-order valence-electron chi connectivity index (χ2n) is 3.64. The number of rotatable bonds is 3. The lowest BCUT2D eigenvalue weighted by atomic mass is 9.98. The van der Waals surface area contributed by atoms with Gasteiger partial charge in [0.1, 0.15) is 0 Å². The molecule has 0 spiro atoms. The van der Waals surface area contributed by atoms with Crippen LogP contribution in [0.2, 0.25) is 0 Å². The van der Waals surface area contributed by atoms with E-state index >= 15 is 0 Å². The Hall–Kier alpha value is -1.09. The molecular formula is C11H15FO2. The Kier molecular flexibility index (Phi) is 3.11. The molecule has 0 radical (unpaired) electrons. The molecule has 14 heavy (non-hydrogen) atoms. The van der Waals surface area contributed by atoms with Crippen LogP contribution in [0.3, 0.4) is 0 Å². The van der Waals surface area contributed by atoms with Gasteiger partial charge in [0.2, 0.25) is 0 Å². The van der Waals surface area contributed by atoms with Gasteiger partial charge < -0.3 is 9.84 Å². The fraction of sp³-hybridized carbons (Fsp3) is 0.455. The first-order valence-corrected chi connectivity index (χ1v) is 4.60. The van der Waals surface area contributed by atoms with Crippen LogP contribution in [0.5, 0.6) is 5.75 Å². The highest BCUT2D eigenvalue weighted by Crippen LogP contribution is 2.26. The van der Waals surface area contributed by atoms with E-state index in [9.17, 15) is 9.50 Å². The average Bonchev–Trinajstić information content (AvgIpc) is 2.07. The van der Waals surface area contributed by atoms with Crippen molar-refractivity contribution in [1.82, 2.24) is 0 Å². The Bertz CT molecular complexity index is 316. The second-order valence-corrected chi connectivity index (χ2v) is 3.64. The SMILES string of the molecule is CCOc1cc(C(C)(C)O)ccc1F. The molecule has 0 aliphatic rings. The topological polar surface area (TPSA) is 29.5 Å². The fourth-order valence-electron chi connectivity index (χ4n) is 1.15. The Morgan fingerprint density at radius 1 is 1.43 bits per heavy atom. The molecule has 0 atom stereocenters. The molecule has 0 saturated heterocycles. The highest BCUT2D eigenvalue weighted by molar-refractivity contribution is 5.33. The van der Waals surface area contributed by atoms with Crippen LogP contribution in [-0.4, -0.2) is 11.7 Å². The second kappa shape index (κ2) is 3.96. The molecule has 0 aliphatic heterocycles. The zero-order chi connectivity index (χ0) is 10.8. The van der Waals surface area contributed by atoms with E-state index in [4.69, 9.17) is 4.74 Å². The van der Waals surface area contributed by atoms with E-state index in [0.29, 0.717) is 12.2 Å². The maximum absolute atomic E-state index is 13.1.